The fourth-order valence-electron chi connectivity index (χ4n) is 4.84. The van der Waals surface area contributed by atoms with Crippen LogP contribution in [0.5, 0.6) is 0 Å². The predicted octanol–water partition coefficient (Wildman–Crippen LogP) is 10.6. The summed E-state index contributed by atoms with van der Waals surface area (Å²) in [5.74, 6) is -1.95. The van der Waals surface area contributed by atoms with E-state index in [-0.39, 0.29) is 6.42 Å². The van der Waals surface area contributed by atoms with E-state index in [9.17, 15) is 14.7 Å². The summed E-state index contributed by atoms with van der Waals surface area (Å²) in [6.07, 6.45) is 35.2. The van der Waals surface area contributed by atoms with Crippen molar-refractivity contribution >= 4 is 11.9 Å². The van der Waals surface area contributed by atoms with E-state index >= 15 is 0 Å². The second-order valence-electron chi connectivity index (χ2n) is 11.0. The molecule has 1 atom stereocenters. The number of esters is 1. The van der Waals surface area contributed by atoms with Crippen LogP contribution in [0.1, 0.15) is 174 Å². The van der Waals surface area contributed by atoms with E-state index in [1.54, 1.807) is 0 Å². The Balaban J connectivity index is 3.36. The van der Waals surface area contributed by atoms with Crippen molar-refractivity contribution in [1.29, 1.82) is 0 Å². The summed E-state index contributed by atoms with van der Waals surface area (Å²) >= 11 is 0. The van der Waals surface area contributed by atoms with E-state index in [0.29, 0.717) is 19.4 Å². The Bertz CT molecular complexity index is 528. The van der Waals surface area contributed by atoms with Gasteiger partial charge in [-0.05, 0) is 32.1 Å². The zero-order chi connectivity index (χ0) is 27.2. The molecular weight excluding hydrogens is 460 g/mol. The van der Waals surface area contributed by atoms with E-state index in [1.165, 1.54) is 128 Å². The molecular formula is C33H62O4. The van der Waals surface area contributed by atoms with Gasteiger partial charge >= 0.3 is 11.9 Å². The summed E-state index contributed by atoms with van der Waals surface area (Å²) in [5, 5.41) is 9.30. The number of carbonyl (C=O) groups excluding carboxylic acids is 1. The van der Waals surface area contributed by atoms with Crippen molar-refractivity contribution in [3.63, 3.8) is 0 Å². The second kappa shape index (κ2) is 29.2. The molecule has 0 amide bonds. The minimum Gasteiger partial charge on any atom is -0.481 e. The van der Waals surface area contributed by atoms with Gasteiger partial charge in [0.2, 0.25) is 0 Å². The number of carboxylic acid groups (broad SMARTS) is 1. The Labute approximate surface area is 230 Å². The van der Waals surface area contributed by atoms with E-state index in [4.69, 9.17) is 4.74 Å². The van der Waals surface area contributed by atoms with Crippen LogP contribution in [0.3, 0.4) is 0 Å². The molecule has 1 unspecified atom stereocenters. The molecule has 218 valence electrons. The van der Waals surface area contributed by atoms with Gasteiger partial charge < -0.3 is 9.84 Å². The number of ether oxygens (including phenoxy) is 1. The van der Waals surface area contributed by atoms with E-state index in [1.807, 2.05) is 6.92 Å². The van der Waals surface area contributed by atoms with Gasteiger partial charge in [-0.3, -0.25) is 9.59 Å². The molecule has 37 heavy (non-hydrogen) atoms. The van der Waals surface area contributed by atoms with Crippen LogP contribution < -0.4 is 0 Å². The lowest BCUT2D eigenvalue weighted by Gasteiger charge is -2.10. The first-order valence-electron chi connectivity index (χ1n) is 16.1. The third-order valence-corrected chi connectivity index (χ3v) is 7.30. The Hall–Kier alpha value is -1.32. The fourth-order valence-corrected chi connectivity index (χ4v) is 4.84. The molecule has 4 nitrogen and oxygen atoms in total. The Kier molecular flexibility index (Phi) is 28.2. The topological polar surface area (TPSA) is 63.6 Å². The number of hydrogen-bond acceptors (Lipinski definition) is 3. The summed E-state index contributed by atoms with van der Waals surface area (Å²) in [6.45, 7) is 4.58. The van der Waals surface area contributed by atoms with Gasteiger partial charge in [0, 0.05) is 0 Å². The second-order valence-corrected chi connectivity index (χ2v) is 11.0. The summed E-state index contributed by atoms with van der Waals surface area (Å²) < 4.78 is 5.01. The quantitative estimate of drug-likeness (QED) is 0.0602. The number of unbranched alkanes of at least 4 members (excludes halogenated alkanes) is 20. The Morgan fingerprint density at radius 1 is 0.595 bits per heavy atom. The molecule has 0 aliphatic rings. The van der Waals surface area contributed by atoms with Crippen molar-refractivity contribution < 1.29 is 19.4 Å². The number of rotatable bonds is 29. The van der Waals surface area contributed by atoms with Crippen LogP contribution in [-0.4, -0.2) is 23.7 Å². The highest BCUT2D eigenvalue weighted by Crippen LogP contribution is 2.16. The standard InChI is InChI=1S/C33H62O4/c1-3-5-6-7-8-9-10-11-12-13-14-15-16-17-18-19-20-21-22-23-24-25-26-27-28-31(33(35)36)30-32(34)37-29-4-2/h25-26,31H,3-24,27-30H2,1-2H3,(H,35,36)/b26-25+. The third-order valence-electron chi connectivity index (χ3n) is 7.30. The third kappa shape index (κ3) is 27.5. The largest absolute Gasteiger partial charge is 0.481 e. The number of carbonyl (C=O) groups is 2. The lowest BCUT2D eigenvalue weighted by Crippen LogP contribution is -2.19. The molecule has 0 aromatic heterocycles. The maximum absolute atomic E-state index is 11.6. The zero-order valence-electron chi connectivity index (χ0n) is 24.8. The van der Waals surface area contributed by atoms with Crippen LogP contribution in [0.15, 0.2) is 12.2 Å². The molecule has 0 saturated carbocycles. The molecule has 0 aromatic rings. The van der Waals surface area contributed by atoms with Crippen molar-refractivity contribution in [2.45, 2.75) is 174 Å². The van der Waals surface area contributed by atoms with Crippen LogP contribution in [-0.2, 0) is 14.3 Å². The highest BCUT2D eigenvalue weighted by Gasteiger charge is 2.21. The number of carboxylic acids is 1. The van der Waals surface area contributed by atoms with Crippen LogP contribution in [0, 0.1) is 5.92 Å². The molecule has 0 radical (unpaired) electrons. The van der Waals surface area contributed by atoms with Gasteiger partial charge in [0.25, 0.3) is 0 Å². The van der Waals surface area contributed by atoms with Gasteiger partial charge in [0.1, 0.15) is 0 Å². The molecule has 0 aromatic carbocycles. The van der Waals surface area contributed by atoms with E-state index in [2.05, 4.69) is 19.1 Å². The van der Waals surface area contributed by atoms with Crippen LogP contribution in [0.4, 0.5) is 0 Å². The summed E-state index contributed by atoms with van der Waals surface area (Å²) in [4.78, 5) is 23.0. The number of allylic oxidation sites excluding steroid dienone is 2. The van der Waals surface area contributed by atoms with E-state index in [0.717, 1.165) is 12.8 Å². The molecule has 0 spiro atoms. The first kappa shape index (κ1) is 35.7. The van der Waals surface area contributed by atoms with Gasteiger partial charge in [0.05, 0.1) is 18.9 Å². The van der Waals surface area contributed by atoms with Crippen LogP contribution in [0.25, 0.3) is 0 Å². The van der Waals surface area contributed by atoms with Crippen molar-refractivity contribution in [2.24, 2.45) is 5.92 Å². The molecule has 0 aliphatic heterocycles. The molecule has 0 aliphatic carbocycles. The van der Waals surface area contributed by atoms with Crippen LogP contribution in [0.2, 0.25) is 0 Å². The molecule has 4 heteroatoms. The van der Waals surface area contributed by atoms with Crippen LogP contribution >= 0.6 is 0 Å². The van der Waals surface area contributed by atoms with Gasteiger partial charge in [-0.1, -0.05) is 148 Å². The molecule has 1 N–H and O–H groups in total. The average Bonchev–Trinajstić information content (AvgIpc) is 2.89. The maximum atomic E-state index is 11.6. The minimum atomic E-state index is -0.907. The normalized spacial score (nSPS) is 12.3. The smallest absolute Gasteiger partial charge is 0.307 e. The summed E-state index contributed by atoms with van der Waals surface area (Å²) in [5.41, 5.74) is 0. The Morgan fingerprint density at radius 2 is 1.00 bits per heavy atom. The molecule has 0 bridgehead atoms. The van der Waals surface area contributed by atoms with Crippen molar-refractivity contribution in [3.8, 4) is 0 Å². The molecule has 0 saturated heterocycles. The first-order chi connectivity index (χ1) is 18.1. The maximum Gasteiger partial charge on any atom is 0.307 e. The number of aliphatic carboxylic acids is 1. The molecule has 0 rings (SSSR count). The molecule has 0 fully saturated rings. The van der Waals surface area contributed by atoms with Crippen molar-refractivity contribution in [3.05, 3.63) is 12.2 Å². The van der Waals surface area contributed by atoms with Crippen molar-refractivity contribution in [1.82, 2.24) is 0 Å². The van der Waals surface area contributed by atoms with E-state index < -0.39 is 17.9 Å². The minimum absolute atomic E-state index is 0.0253. The summed E-state index contributed by atoms with van der Waals surface area (Å²) in [7, 11) is 0. The Morgan fingerprint density at radius 3 is 1.41 bits per heavy atom. The molecule has 0 heterocycles. The predicted molar refractivity (Wildman–Crippen MR) is 158 cm³/mol. The van der Waals surface area contributed by atoms with Gasteiger partial charge in [-0.25, -0.2) is 0 Å². The van der Waals surface area contributed by atoms with Crippen molar-refractivity contribution in [2.75, 3.05) is 6.61 Å². The van der Waals surface area contributed by atoms with Gasteiger partial charge in [0.15, 0.2) is 0 Å². The van der Waals surface area contributed by atoms with Gasteiger partial charge in [-0.2, -0.15) is 0 Å². The highest BCUT2D eigenvalue weighted by atomic mass is 16.5. The number of hydrogen-bond donors (Lipinski definition) is 1. The SMILES string of the molecule is CCCCCCCCCCCCCCCCCCCCCC/C=C/CCC(CC(=O)OCCC)C(=O)O. The average molecular weight is 523 g/mol. The highest BCUT2D eigenvalue weighted by molar-refractivity contribution is 5.78. The summed E-state index contributed by atoms with van der Waals surface area (Å²) in [6, 6.07) is 0. The lowest BCUT2D eigenvalue weighted by molar-refractivity contribution is -0.151. The first-order valence-corrected chi connectivity index (χ1v) is 16.1. The van der Waals surface area contributed by atoms with Gasteiger partial charge in [-0.15, -0.1) is 0 Å². The lowest BCUT2D eigenvalue weighted by atomic mass is 9.99. The monoisotopic (exact) mass is 522 g/mol. The fraction of sp³-hybridized carbons (Fsp3) is 0.879. The zero-order valence-corrected chi connectivity index (χ0v) is 24.8.